The second-order valence-corrected chi connectivity index (χ2v) is 8.80. The van der Waals surface area contributed by atoms with Crippen LogP contribution in [0.15, 0.2) is 29.2 Å². The van der Waals surface area contributed by atoms with Crippen LogP contribution in [0, 0.1) is 6.92 Å². The van der Waals surface area contributed by atoms with E-state index in [1.807, 2.05) is 23.4 Å². The molecule has 1 saturated carbocycles. The van der Waals surface area contributed by atoms with Crippen molar-refractivity contribution in [1.29, 1.82) is 0 Å². The Balaban J connectivity index is 1.78. The summed E-state index contributed by atoms with van der Waals surface area (Å²) in [6.07, 6.45) is 5.11. The molecule has 0 bridgehead atoms. The second kappa shape index (κ2) is 6.91. The topological polar surface area (TPSA) is 40.6 Å². The summed E-state index contributed by atoms with van der Waals surface area (Å²) in [6.45, 7) is 7.35. The van der Waals surface area contributed by atoms with Gasteiger partial charge in [0.1, 0.15) is 0 Å². The highest BCUT2D eigenvalue weighted by molar-refractivity contribution is 7.89. The summed E-state index contributed by atoms with van der Waals surface area (Å²) in [6, 6.07) is 7.69. The van der Waals surface area contributed by atoms with Crippen LogP contribution in [0.2, 0.25) is 0 Å². The fourth-order valence-corrected chi connectivity index (χ4v) is 5.50. The molecule has 1 heterocycles. The Hall–Kier alpha value is -0.910. The normalized spacial score (nSPS) is 21.0. The van der Waals surface area contributed by atoms with E-state index in [2.05, 4.69) is 11.8 Å². The van der Waals surface area contributed by atoms with E-state index in [0.717, 1.165) is 50.9 Å². The van der Waals surface area contributed by atoms with Gasteiger partial charge in [-0.2, -0.15) is 4.31 Å². The number of sulfonamides is 1. The van der Waals surface area contributed by atoms with Gasteiger partial charge in [0.15, 0.2) is 0 Å². The molecule has 2 fully saturated rings. The minimum absolute atomic E-state index is 0.168. The number of piperidine rings is 1. The summed E-state index contributed by atoms with van der Waals surface area (Å²) < 4.78 is 28.1. The molecule has 0 N–H and O–H groups in total. The quantitative estimate of drug-likeness (QED) is 0.802. The highest BCUT2D eigenvalue weighted by atomic mass is 32.2. The van der Waals surface area contributed by atoms with Gasteiger partial charge < -0.3 is 4.90 Å². The first-order valence-electron chi connectivity index (χ1n) is 8.85. The molecule has 1 aliphatic carbocycles. The first-order chi connectivity index (χ1) is 11.0. The molecule has 5 heteroatoms. The first kappa shape index (κ1) is 16.9. The summed E-state index contributed by atoms with van der Waals surface area (Å²) in [5, 5.41) is 0. The lowest BCUT2D eigenvalue weighted by Gasteiger charge is -2.38. The van der Waals surface area contributed by atoms with E-state index < -0.39 is 10.0 Å². The summed E-state index contributed by atoms with van der Waals surface area (Å²) in [4.78, 5) is 2.91. The lowest BCUT2D eigenvalue weighted by molar-refractivity contribution is 0.156. The molecule has 0 aromatic heterocycles. The van der Waals surface area contributed by atoms with Crippen LogP contribution in [0.3, 0.4) is 0 Å². The fourth-order valence-electron chi connectivity index (χ4n) is 3.57. The summed E-state index contributed by atoms with van der Waals surface area (Å²) in [5.74, 6) is 0. The van der Waals surface area contributed by atoms with Gasteiger partial charge in [-0.15, -0.1) is 0 Å². The van der Waals surface area contributed by atoms with Crippen molar-refractivity contribution in [3.05, 3.63) is 29.8 Å². The van der Waals surface area contributed by atoms with Crippen molar-refractivity contribution in [2.75, 3.05) is 19.6 Å². The van der Waals surface area contributed by atoms with Crippen LogP contribution >= 0.6 is 0 Å². The van der Waals surface area contributed by atoms with Crippen LogP contribution in [0.4, 0.5) is 0 Å². The fraction of sp³-hybridized carbons (Fsp3) is 0.667. The molecule has 1 saturated heterocycles. The number of rotatable bonds is 6. The van der Waals surface area contributed by atoms with Crippen molar-refractivity contribution in [1.82, 2.24) is 9.21 Å². The van der Waals surface area contributed by atoms with Crippen LogP contribution in [0.1, 0.15) is 44.6 Å². The van der Waals surface area contributed by atoms with Gasteiger partial charge >= 0.3 is 0 Å². The molecule has 0 amide bonds. The molecule has 4 nitrogen and oxygen atoms in total. The number of nitrogens with zero attached hydrogens (tertiary/aromatic N) is 2. The van der Waals surface area contributed by atoms with Gasteiger partial charge in [0, 0.05) is 12.1 Å². The number of hydrogen-bond donors (Lipinski definition) is 0. The standard InChI is InChI=1S/C18H28N2O2S/c1-3-12-19-13-10-17(11-14-19)20(16-6-7-16)23(21,22)18-8-4-15(2)5-9-18/h4-5,8-9,16-17H,3,6-7,10-14H2,1-2H3. The van der Waals surface area contributed by atoms with Gasteiger partial charge in [-0.1, -0.05) is 24.6 Å². The highest BCUT2D eigenvalue weighted by Crippen LogP contribution is 2.36. The van der Waals surface area contributed by atoms with Crippen LogP contribution in [-0.4, -0.2) is 49.3 Å². The third kappa shape index (κ3) is 3.78. The predicted molar refractivity (Wildman–Crippen MR) is 93.0 cm³/mol. The largest absolute Gasteiger partial charge is 0.303 e. The third-order valence-electron chi connectivity index (χ3n) is 4.96. The average Bonchev–Trinajstić information content (AvgIpc) is 3.34. The number of benzene rings is 1. The van der Waals surface area contributed by atoms with Gasteiger partial charge in [-0.05, 0) is 70.8 Å². The van der Waals surface area contributed by atoms with Crippen molar-refractivity contribution < 1.29 is 8.42 Å². The third-order valence-corrected chi connectivity index (χ3v) is 6.98. The molecule has 0 atom stereocenters. The maximum absolute atomic E-state index is 13.1. The zero-order valence-corrected chi connectivity index (χ0v) is 15.1. The second-order valence-electron chi connectivity index (χ2n) is 6.95. The number of likely N-dealkylation sites (tertiary alicyclic amines) is 1. The van der Waals surface area contributed by atoms with E-state index >= 15 is 0 Å². The van der Waals surface area contributed by atoms with Crippen molar-refractivity contribution >= 4 is 10.0 Å². The van der Waals surface area contributed by atoms with Gasteiger partial charge in [-0.25, -0.2) is 8.42 Å². The zero-order valence-electron chi connectivity index (χ0n) is 14.2. The molecular weight excluding hydrogens is 308 g/mol. The zero-order chi connectivity index (χ0) is 16.4. The van der Waals surface area contributed by atoms with Gasteiger partial charge in [0.05, 0.1) is 4.90 Å². The first-order valence-corrected chi connectivity index (χ1v) is 10.3. The van der Waals surface area contributed by atoms with Gasteiger partial charge in [0.25, 0.3) is 0 Å². The molecule has 1 aromatic carbocycles. The molecule has 0 unspecified atom stereocenters. The van der Waals surface area contributed by atoms with E-state index in [4.69, 9.17) is 0 Å². The van der Waals surface area contributed by atoms with Crippen molar-refractivity contribution in [3.8, 4) is 0 Å². The molecule has 23 heavy (non-hydrogen) atoms. The Morgan fingerprint density at radius 2 is 1.61 bits per heavy atom. The molecule has 2 aliphatic rings. The lowest BCUT2D eigenvalue weighted by atomic mass is 10.0. The van der Waals surface area contributed by atoms with Gasteiger partial charge in [0.2, 0.25) is 10.0 Å². The van der Waals surface area contributed by atoms with E-state index in [9.17, 15) is 8.42 Å². The minimum Gasteiger partial charge on any atom is -0.303 e. The Morgan fingerprint density at radius 3 is 2.13 bits per heavy atom. The summed E-state index contributed by atoms with van der Waals surface area (Å²) in [5.41, 5.74) is 1.09. The van der Waals surface area contributed by atoms with E-state index in [1.54, 1.807) is 12.1 Å². The van der Waals surface area contributed by atoms with Crippen molar-refractivity contribution in [3.63, 3.8) is 0 Å². The smallest absolute Gasteiger partial charge is 0.243 e. The molecule has 3 rings (SSSR count). The average molecular weight is 337 g/mol. The number of aryl methyl sites for hydroxylation is 1. The Bertz CT molecular complexity index is 615. The van der Waals surface area contributed by atoms with Crippen LogP contribution in [0.5, 0.6) is 0 Å². The van der Waals surface area contributed by atoms with Crippen molar-refractivity contribution in [2.45, 2.75) is 62.9 Å². The molecule has 0 spiro atoms. The summed E-state index contributed by atoms with van der Waals surface area (Å²) >= 11 is 0. The van der Waals surface area contributed by atoms with Crippen LogP contribution in [0.25, 0.3) is 0 Å². The molecule has 1 aromatic rings. The molecular formula is C18H28N2O2S. The Kier molecular flexibility index (Phi) is 5.09. The number of hydrogen-bond acceptors (Lipinski definition) is 3. The Morgan fingerprint density at radius 1 is 1.04 bits per heavy atom. The van der Waals surface area contributed by atoms with E-state index in [1.165, 1.54) is 6.42 Å². The van der Waals surface area contributed by atoms with Crippen LogP contribution < -0.4 is 0 Å². The van der Waals surface area contributed by atoms with E-state index in [0.29, 0.717) is 4.90 Å². The van der Waals surface area contributed by atoms with Crippen LogP contribution in [-0.2, 0) is 10.0 Å². The maximum Gasteiger partial charge on any atom is 0.243 e. The lowest BCUT2D eigenvalue weighted by Crippen LogP contribution is -2.48. The molecule has 1 aliphatic heterocycles. The van der Waals surface area contributed by atoms with Crippen molar-refractivity contribution in [2.24, 2.45) is 0 Å². The Labute approximate surface area is 140 Å². The monoisotopic (exact) mass is 336 g/mol. The molecule has 0 radical (unpaired) electrons. The minimum atomic E-state index is -3.37. The highest BCUT2D eigenvalue weighted by Gasteiger charge is 2.43. The van der Waals surface area contributed by atoms with E-state index in [-0.39, 0.29) is 12.1 Å². The maximum atomic E-state index is 13.1. The SMILES string of the molecule is CCCN1CCC(N(C2CC2)S(=O)(=O)c2ccc(C)cc2)CC1. The predicted octanol–water partition coefficient (Wildman–Crippen LogP) is 3.02. The summed E-state index contributed by atoms with van der Waals surface area (Å²) in [7, 11) is -3.37. The van der Waals surface area contributed by atoms with Gasteiger partial charge in [-0.3, -0.25) is 0 Å². The molecule has 128 valence electrons.